The zero-order chi connectivity index (χ0) is 9.84. The van der Waals surface area contributed by atoms with Gasteiger partial charge in [-0.3, -0.25) is 4.79 Å². The molecule has 4 heteroatoms. The van der Waals surface area contributed by atoms with E-state index in [2.05, 4.69) is 4.98 Å². The zero-order valence-electron chi connectivity index (χ0n) is 7.45. The third-order valence-corrected chi connectivity index (χ3v) is 1.54. The predicted molar refractivity (Wildman–Crippen MR) is 50.4 cm³/mol. The average molecular weight is 200 g/mol. The summed E-state index contributed by atoms with van der Waals surface area (Å²) >= 11 is 5.65. The van der Waals surface area contributed by atoms with Gasteiger partial charge in [0.2, 0.25) is 5.88 Å². The normalized spacial score (nSPS) is 10.2. The Morgan fingerprint density at radius 3 is 2.77 bits per heavy atom. The molecule has 0 amide bonds. The van der Waals surface area contributed by atoms with Crippen LogP contribution >= 0.6 is 11.6 Å². The van der Waals surface area contributed by atoms with E-state index in [4.69, 9.17) is 16.3 Å². The van der Waals surface area contributed by atoms with E-state index in [1.807, 2.05) is 13.8 Å². The lowest BCUT2D eigenvalue weighted by molar-refractivity contribution is 0.111. The number of pyridine rings is 1. The first-order valence-corrected chi connectivity index (χ1v) is 4.29. The molecule has 0 N–H and O–H groups in total. The lowest BCUT2D eigenvalue weighted by atomic mass is 10.3. The maximum absolute atomic E-state index is 10.6. The van der Waals surface area contributed by atoms with Crippen LogP contribution in [0.3, 0.4) is 0 Å². The molecule has 70 valence electrons. The van der Waals surface area contributed by atoms with Crippen LogP contribution in [0.2, 0.25) is 5.15 Å². The van der Waals surface area contributed by atoms with Crippen LogP contribution < -0.4 is 4.74 Å². The van der Waals surface area contributed by atoms with E-state index in [1.165, 1.54) is 0 Å². The van der Waals surface area contributed by atoms with Gasteiger partial charge in [-0.25, -0.2) is 4.98 Å². The van der Waals surface area contributed by atoms with Crippen molar-refractivity contribution in [3.63, 3.8) is 0 Å². The molecular formula is C9H10ClNO2. The van der Waals surface area contributed by atoms with Gasteiger partial charge < -0.3 is 4.74 Å². The van der Waals surface area contributed by atoms with Crippen LogP contribution in [0.5, 0.6) is 5.88 Å². The summed E-state index contributed by atoms with van der Waals surface area (Å²) in [4.78, 5) is 14.5. The Morgan fingerprint density at radius 2 is 2.23 bits per heavy atom. The second-order valence-electron chi connectivity index (χ2n) is 2.81. The van der Waals surface area contributed by atoms with E-state index in [0.717, 1.165) is 0 Å². The second-order valence-corrected chi connectivity index (χ2v) is 3.20. The standard InChI is InChI=1S/C9H10ClNO2/c1-6(2)13-9-7(5-12)3-4-8(10)11-9/h3-6H,1-2H3. The average Bonchev–Trinajstić information content (AvgIpc) is 2.03. The minimum atomic E-state index is -0.0235. The van der Waals surface area contributed by atoms with E-state index in [9.17, 15) is 4.79 Å². The van der Waals surface area contributed by atoms with Crippen molar-refractivity contribution in [2.45, 2.75) is 20.0 Å². The van der Waals surface area contributed by atoms with Gasteiger partial charge in [0.05, 0.1) is 11.7 Å². The molecule has 0 aliphatic carbocycles. The van der Waals surface area contributed by atoms with Gasteiger partial charge in [-0.15, -0.1) is 0 Å². The number of carbonyl (C=O) groups excluding carboxylic acids is 1. The van der Waals surface area contributed by atoms with Gasteiger partial charge in [-0.2, -0.15) is 0 Å². The van der Waals surface area contributed by atoms with Gasteiger partial charge in [-0.1, -0.05) is 11.6 Å². The number of hydrogen-bond donors (Lipinski definition) is 0. The number of rotatable bonds is 3. The SMILES string of the molecule is CC(C)Oc1nc(Cl)ccc1C=O. The molecule has 0 atom stereocenters. The number of aromatic nitrogens is 1. The Labute approximate surface area is 81.7 Å². The summed E-state index contributed by atoms with van der Waals surface area (Å²) in [6.07, 6.45) is 0.672. The lowest BCUT2D eigenvalue weighted by Gasteiger charge is -2.09. The molecule has 3 nitrogen and oxygen atoms in total. The van der Waals surface area contributed by atoms with Crippen molar-refractivity contribution < 1.29 is 9.53 Å². The van der Waals surface area contributed by atoms with Crippen LogP contribution in [0.15, 0.2) is 12.1 Å². The summed E-state index contributed by atoms with van der Waals surface area (Å²) < 4.78 is 5.29. The predicted octanol–water partition coefficient (Wildman–Crippen LogP) is 2.33. The fourth-order valence-electron chi connectivity index (χ4n) is 0.836. The summed E-state index contributed by atoms with van der Waals surface area (Å²) in [6.45, 7) is 3.72. The fraction of sp³-hybridized carbons (Fsp3) is 0.333. The van der Waals surface area contributed by atoms with Crippen molar-refractivity contribution in [1.29, 1.82) is 0 Å². The number of ether oxygens (including phenoxy) is 1. The molecule has 1 aromatic rings. The summed E-state index contributed by atoms with van der Waals surface area (Å²) in [6, 6.07) is 3.14. The van der Waals surface area contributed by atoms with E-state index >= 15 is 0 Å². The summed E-state index contributed by atoms with van der Waals surface area (Å²) in [5, 5.41) is 0.321. The minimum Gasteiger partial charge on any atom is -0.474 e. The van der Waals surface area contributed by atoms with Crippen LogP contribution in [-0.4, -0.2) is 17.4 Å². The fourth-order valence-corrected chi connectivity index (χ4v) is 0.976. The van der Waals surface area contributed by atoms with E-state index in [1.54, 1.807) is 12.1 Å². The Balaban J connectivity index is 3.01. The Bertz CT molecular complexity index is 312. The quantitative estimate of drug-likeness (QED) is 0.554. The number of hydrogen-bond acceptors (Lipinski definition) is 3. The van der Waals surface area contributed by atoms with Gasteiger partial charge in [0, 0.05) is 0 Å². The Morgan fingerprint density at radius 1 is 1.54 bits per heavy atom. The monoisotopic (exact) mass is 199 g/mol. The van der Waals surface area contributed by atoms with E-state index < -0.39 is 0 Å². The van der Waals surface area contributed by atoms with Crippen molar-refractivity contribution in [2.75, 3.05) is 0 Å². The summed E-state index contributed by atoms with van der Waals surface area (Å²) in [5.74, 6) is 0.289. The summed E-state index contributed by atoms with van der Waals surface area (Å²) in [7, 11) is 0. The highest BCUT2D eigenvalue weighted by atomic mass is 35.5. The molecule has 1 heterocycles. The second kappa shape index (κ2) is 4.23. The molecule has 1 aromatic heterocycles. The molecule has 0 aliphatic rings. The van der Waals surface area contributed by atoms with Crippen molar-refractivity contribution in [2.24, 2.45) is 0 Å². The van der Waals surface area contributed by atoms with Crippen LogP contribution in [0.25, 0.3) is 0 Å². The van der Waals surface area contributed by atoms with Crippen LogP contribution in [0.4, 0.5) is 0 Å². The van der Waals surface area contributed by atoms with Gasteiger partial charge in [0.15, 0.2) is 6.29 Å². The van der Waals surface area contributed by atoms with Crippen molar-refractivity contribution in [1.82, 2.24) is 4.98 Å². The van der Waals surface area contributed by atoms with Gasteiger partial charge in [0.25, 0.3) is 0 Å². The van der Waals surface area contributed by atoms with Gasteiger partial charge in [-0.05, 0) is 26.0 Å². The molecule has 0 fully saturated rings. The lowest BCUT2D eigenvalue weighted by Crippen LogP contribution is -2.08. The molecule has 0 saturated carbocycles. The molecule has 0 spiro atoms. The number of aldehydes is 1. The van der Waals surface area contributed by atoms with E-state index in [0.29, 0.717) is 17.0 Å². The van der Waals surface area contributed by atoms with Crippen LogP contribution in [0, 0.1) is 0 Å². The molecule has 0 saturated heterocycles. The molecular weight excluding hydrogens is 190 g/mol. The van der Waals surface area contributed by atoms with Crippen molar-refractivity contribution in [3.8, 4) is 5.88 Å². The number of nitrogens with zero attached hydrogens (tertiary/aromatic N) is 1. The molecule has 13 heavy (non-hydrogen) atoms. The number of carbonyl (C=O) groups is 1. The van der Waals surface area contributed by atoms with Crippen molar-refractivity contribution >= 4 is 17.9 Å². The van der Waals surface area contributed by atoms with Gasteiger partial charge >= 0.3 is 0 Å². The maximum Gasteiger partial charge on any atom is 0.225 e. The van der Waals surface area contributed by atoms with Crippen LogP contribution in [0.1, 0.15) is 24.2 Å². The summed E-state index contributed by atoms with van der Waals surface area (Å²) in [5.41, 5.74) is 0.415. The van der Waals surface area contributed by atoms with Gasteiger partial charge in [0.1, 0.15) is 5.15 Å². The van der Waals surface area contributed by atoms with E-state index in [-0.39, 0.29) is 12.0 Å². The topological polar surface area (TPSA) is 39.2 Å². The Hall–Kier alpha value is -1.09. The van der Waals surface area contributed by atoms with Crippen molar-refractivity contribution in [3.05, 3.63) is 22.8 Å². The molecule has 0 radical (unpaired) electrons. The number of halogens is 1. The molecule has 1 rings (SSSR count). The highest BCUT2D eigenvalue weighted by Gasteiger charge is 2.06. The third-order valence-electron chi connectivity index (χ3n) is 1.33. The first kappa shape index (κ1) is 9.99. The smallest absolute Gasteiger partial charge is 0.225 e. The molecule has 0 aliphatic heterocycles. The largest absolute Gasteiger partial charge is 0.474 e. The molecule has 0 unspecified atom stereocenters. The minimum absolute atomic E-state index is 0.0235. The zero-order valence-corrected chi connectivity index (χ0v) is 8.21. The maximum atomic E-state index is 10.6. The highest BCUT2D eigenvalue weighted by Crippen LogP contribution is 2.18. The van der Waals surface area contributed by atoms with Crippen LogP contribution in [-0.2, 0) is 0 Å². The first-order valence-electron chi connectivity index (χ1n) is 3.92. The first-order chi connectivity index (χ1) is 6.13. The highest BCUT2D eigenvalue weighted by molar-refractivity contribution is 6.29. The molecule has 0 bridgehead atoms. The Kier molecular flexibility index (Phi) is 3.25. The third kappa shape index (κ3) is 2.70. The molecule has 0 aromatic carbocycles.